The molecule has 18 heavy (non-hydrogen) atoms. The fraction of sp³-hybridized carbons (Fsp3) is 0.333. The molecule has 0 radical (unpaired) electrons. The molecule has 2 rings (SSSR count). The highest BCUT2D eigenvalue weighted by Gasteiger charge is 2.19. The second-order valence-electron chi connectivity index (χ2n) is 4.08. The monoisotopic (exact) mass is 287 g/mol. The van der Waals surface area contributed by atoms with Crippen LogP contribution in [0.4, 0.5) is 0 Å². The van der Waals surface area contributed by atoms with E-state index in [-0.39, 0.29) is 24.4 Å². The summed E-state index contributed by atoms with van der Waals surface area (Å²) in [5.74, 6) is 1.06. The molecule has 0 fully saturated rings. The summed E-state index contributed by atoms with van der Waals surface area (Å²) < 4.78 is 5.20. The summed E-state index contributed by atoms with van der Waals surface area (Å²) >= 11 is 6.06. The van der Waals surface area contributed by atoms with Gasteiger partial charge in [-0.05, 0) is 19.1 Å². The fourth-order valence-electron chi connectivity index (χ4n) is 1.40. The van der Waals surface area contributed by atoms with Crippen molar-refractivity contribution in [3.05, 3.63) is 35.2 Å². The van der Waals surface area contributed by atoms with Crippen LogP contribution in [0.5, 0.6) is 0 Å². The SMILES string of the molecule is CC(N)C(C)c1nc(-c2ccccc2Cl)no1.Cl. The third-order valence-corrected chi connectivity index (χ3v) is 3.06. The molecule has 0 amide bonds. The van der Waals surface area contributed by atoms with Crippen LogP contribution >= 0.6 is 24.0 Å². The molecule has 0 aliphatic carbocycles. The normalized spacial score (nSPS) is 13.8. The van der Waals surface area contributed by atoms with Crippen molar-refractivity contribution in [1.82, 2.24) is 10.1 Å². The third-order valence-electron chi connectivity index (χ3n) is 2.73. The Morgan fingerprint density at radius 3 is 2.56 bits per heavy atom. The Labute approximate surface area is 117 Å². The summed E-state index contributed by atoms with van der Waals surface area (Å²) in [4.78, 5) is 4.32. The Morgan fingerprint density at radius 1 is 1.28 bits per heavy atom. The van der Waals surface area contributed by atoms with Crippen molar-refractivity contribution in [2.75, 3.05) is 0 Å². The Kier molecular flexibility index (Phi) is 5.14. The number of hydrogen-bond acceptors (Lipinski definition) is 4. The van der Waals surface area contributed by atoms with Crippen molar-refractivity contribution >= 4 is 24.0 Å². The van der Waals surface area contributed by atoms with Crippen molar-refractivity contribution in [2.45, 2.75) is 25.8 Å². The number of aromatic nitrogens is 2. The zero-order valence-corrected chi connectivity index (χ0v) is 11.7. The molecular weight excluding hydrogens is 273 g/mol. The zero-order valence-electron chi connectivity index (χ0n) is 10.1. The van der Waals surface area contributed by atoms with Crippen molar-refractivity contribution in [3.63, 3.8) is 0 Å². The van der Waals surface area contributed by atoms with Crippen LogP contribution < -0.4 is 5.73 Å². The molecule has 0 spiro atoms. The highest BCUT2D eigenvalue weighted by Crippen LogP contribution is 2.26. The van der Waals surface area contributed by atoms with Gasteiger partial charge in [-0.25, -0.2) is 0 Å². The van der Waals surface area contributed by atoms with Gasteiger partial charge in [-0.3, -0.25) is 0 Å². The minimum atomic E-state index is -0.0328. The van der Waals surface area contributed by atoms with E-state index in [1.807, 2.05) is 32.0 Å². The van der Waals surface area contributed by atoms with E-state index in [0.717, 1.165) is 5.56 Å². The molecule has 2 atom stereocenters. The predicted octanol–water partition coefficient (Wildman–Crippen LogP) is 3.26. The molecule has 0 saturated heterocycles. The Balaban J connectivity index is 0.00000162. The standard InChI is InChI=1S/C12H14ClN3O.ClH/c1-7(8(2)14)12-15-11(16-17-12)9-5-3-4-6-10(9)13;/h3-8H,14H2,1-2H3;1H. The molecule has 2 aromatic rings. The lowest BCUT2D eigenvalue weighted by molar-refractivity contribution is 0.347. The number of hydrogen-bond donors (Lipinski definition) is 1. The number of halogens is 2. The van der Waals surface area contributed by atoms with Crippen LogP contribution in [-0.4, -0.2) is 16.2 Å². The minimum absolute atomic E-state index is 0. The fourth-order valence-corrected chi connectivity index (χ4v) is 1.62. The van der Waals surface area contributed by atoms with Crippen molar-refractivity contribution in [2.24, 2.45) is 5.73 Å². The van der Waals surface area contributed by atoms with Crippen molar-refractivity contribution < 1.29 is 4.52 Å². The summed E-state index contributed by atoms with van der Waals surface area (Å²) in [6.45, 7) is 3.86. The maximum Gasteiger partial charge on any atom is 0.231 e. The van der Waals surface area contributed by atoms with Gasteiger partial charge in [0.15, 0.2) is 0 Å². The molecule has 1 aromatic heterocycles. The maximum atomic E-state index is 6.06. The number of nitrogens with two attached hydrogens (primary N) is 1. The van der Waals surface area contributed by atoms with Crippen LogP contribution in [0.2, 0.25) is 5.02 Å². The van der Waals surface area contributed by atoms with Gasteiger partial charge in [0.05, 0.1) is 10.9 Å². The first-order chi connectivity index (χ1) is 8.09. The summed E-state index contributed by atoms with van der Waals surface area (Å²) in [5.41, 5.74) is 6.56. The minimum Gasteiger partial charge on any atom is -0.339 e. The van der Waals surface area contributed by atoms with E-state index in [1.165, 1.54) is 0 Å². The third kappa shape index (κ3) is 3.02. The Bertz CT molecular complexity index is 514. The molecule has 6 heteroatoms. The second kappa shape index (κ2) is 6.18. The molecule has 4 nitrogen and oxygen atoms in total. The highest BCUT2D eigenvalue weighted by atomic mass is 35.5. The van der Waals surface area contributed by atoms with Crippen LogP contribution in [0, 0.1) is 0 Å². The van der Waals surface area contributed by atoms with Gasteiger partial charge in [0.25, 0.3) is 0 Å². The van der Waals surface area contributed by atoms with Crippen LogP contribution in [0.3, 0.4) is 0 Å². The number of nitrogens with zero attached hydrogens (tertiary/aromatic N) is 2. The van der Waals surface area contributed by atoms with Crippen molar-refractivity contribution in [1.29, 1.82) is 0 Å². The van der Waals surface area contributed by atoms with E-state index in [2.05, 4.69) is 10.1 Å². The average Bonchev–Trinajstić information content (AvgIpc) is 2.77. The molecule has 2 N–H and O–H groups in total. The summed E-state index contributed by atoms with van der Waals surface area (Å²) in [6, 6.07) is 7.36. The van der Waals surface area contributed by atoms with Gasteiger partial charge in [-0.15, -0.1) is 12.4 Å². The molecule has 0 saturated carbocycles. The molecule has 1 heterocycles. The zero-order chi connectivity index (χ0) is 12.4. The van der Waals surface area contributed by atoms with E-state index in [0.29, 0.717) is 16.7 Å². The largest absolute Gasteiger partial charge is 0.339 e. The quantitative estimate of drug-likeness (QED) is 0.941. The number of benzene rings is 1. The van der Waals surface area contributed by atoms with E-state index in [9.17, 15) is 0 Å². The predicted molar refractivity (Wildman–Crippen MR) is 74.1 cm³/mol. The molecule has 0 bridgehead atoms. The van der Waals surface area contributed by atoms with Gasteiger partial charge < -0.3 is 10.3 Å². The summed E-state index contributed by atoms with van der Waals surface area (Å²) in [7, 11) is 0. The Morgan fingerprint density at radius 2 is 1.94 bits per heavy atom. The Hall–Kier alpha value is -1.10. The number of rotatable bonds is 3. The van der Waals surface area contributed by atoms with E-state index < -0.39 is 0 Å². The lowest BCUT2D eigenvalue weighted by Gasteiger charge is -2.09. The van der Waals surface area contributed by atoms with Crippen LogP contribution in [-0.2, 0) is 0 Å². The first kappa shape index (κ1) is 15.0. The van der Waals surface area contributed by atoms with E-state index in [1.54, 1.807) is 6.07 Å². The maximum absolute atomic E-state index is 6.06. The van der Waals surface area contributed by atoms with Gasteiger partial charge in [-0.1, -0.05) is 35.8 Å². The van der Waals surface area contributed by atoms with Gasteiger partial charge >= 0.3 is 0 Å². The average molecular weight is 288 g/mol. The lowest BCUT2D eigenvalue weighted by atomic mass is 10.1. The highest BCUT2D eigenvalue weighted by molar-refractivity contribution is 6.33. The van der Waals surface area contributed by atoms with Crippen LogP contribution in [0.15, 0.2) is 28.8 Å². The smallest absolute Gasteiger partial charge is 0.231 e. The molecular formula is C12H15Cl2N3O. The van der Waals surface area contributed by atoms with E-state index >= 15 is 0 Å². The van der Waals surface area contributed by atoms with Crippen LogP contribution in [0.1, 0.15) is 25.7 Å². The van der Waals surface area contributed by atoms with Crippen LogP contribution in [0.25, 0.3) is 11.4 Å². The van der Waals surface area contributed by atoms with Crippen molar-refractivity contribution in [3.8, 4) is 11.4 Å². The van der Waals surface area contributed by atoms with Gasteiger partial charge in [-0.2, -0.15) is 4.98 Å². The first-order valence-electron chi connectivity index (χ1n) is 5.43. The topological polar surface area (TPSA) is 64.9 Å². The summed E-state index contributed by atoms with van der Waals surface area (Å²) in [6.07, 6.45) is 0. The molecule has 1 aromatic carbocycles. The van der Waals surface area contributed by atoms with Gasteiger partial charge in [0.2, 0.25) is 11.7 Å². The molecule has 0 aliphatic heterocycles. The molecule has 2 unspecified atom stereocenters. The molecule has 0 aliphatic rings. The van der Waals surface area contributed by atoms with Gasteiger partial charge in [0.1, 0.15) is 0 Å². The summed E-state index contributed by atoms with van der Waals surface area (Å²) in [5, 5.41) is 4.53. The van der Waals surface area contributed by atoms with Gasteiger partial charge in [0, 0.05) is 11.6 Å². The second-order valence-corrected chi connectivity index (χ2v) is 4.49. The van der Waals surface area contributed by atoms with E-state index in [4.69, 9.17) is 21.9 Å². The lowest BCUT2D eigenvalue weighted by Crippen LogP contribution is -2.22. The molecule has 98 valence electrons. The first-order valence-corrected chi connectivity index (χ1v) is 5.81.